The maximum absolute atomic E-state index is 12.6. The number of amides is 2. The number of carbonyl (C=O) groups excluding carboxylic acids is 2. The van der Waals surface area contributed by atoms with Crippen LogP contribution in [0.5, 0.6) is 0 Å². The molecule has 8 nitrogen and oxygen atoms in total. The van der Waals surface area contributed by atoms with Gasteiger partial charge in [-0.15, -0.1) is 0 Å². The Morgan fingerprint density at radius 3 is 2.18 bits per heavy atom. The van der Waals surface area contributed by atoms with Crippen LogP contribution in [0.1, 0.15) is 49.7 Å². The highest BCUT2D eigenvalue weighted by Gasteiger charge is 2.29. The number of hydrogen-bond donors (Lipinski definition) is 3. The van der Waals surface area contributed by atoms with Crippen LogP contribution in [0.4, 0.5) is 4.79 Å². The Morgan fingerprint density at radius 1 is 1.00 bits per heavy atom. The quantitative estimate of drug-likeness (QED) is 0.438. The number of carboxylic acid groups (broad SMARTS) is 1. The molecule has 0 saturated carbocycles. The molecule has 2 aromatic rings. The monoisotopic (exact) mass is 468 g/mol. The molecule has 0 saturated heterocycles. The SMILES string of the molecule is CCCC[C@@H](CC(=O)N[C@@H](COC)C(=O)O)NC(=O)OCC1c2ccccc2-c2ccccc21. The number of nitrogens with one attached hydrogen (secondary N) is 2. The lowest BCUT2D eigenvalue weighted by Crippen LogP contribution is -2.46. The van der Waals surface area contributed by atoms with Crippen molar-refractivity contribution in [3.8, 4) is 11.1 Å². The van der Waals surface area contributed by atoms with E-state index in [1.807, 2.05) is 31.2 Å². The number of carbonyl (C=O) groups is 3. The summed E-state index contributed by atoms with van der Waals surface area (Å²) in [5.74, 6) is -1.70. The standard InChI is InChI=1S/C26H32N2O6/c1-3-4-9-17(14-24(29)28-23(16-33-2)25(30)31)27-26(32)34-15-22-20-12-7-5-10-18(20)19-11-6-8-13-21(19)22/h5-8,10-13,17,22-23H,3-4,9,14-16H2,1-2H3,(H,27,32)(H,28,29)(H,30,31)/t17-,23-/m0/s1. The second-order valence-electron chi connectivity index (χ2n) is 8.43. The molecule has 8 heteroatoms. The lowest BCUT2D eigenvalue weighted by atomic mass is 9.98. The number of methoxy groups -OCH3 is 1. The van der Waals surface area contributed by atoms with Crippen molar-refractivity contribution in [2.45, 2.75) is 50.6 Å². The molecule has 0 heterocycles. The van der Waals surface area contributed by atoms with Gasteiger partial charge in [-0.05, 0) is 28.7 Å². The van der Waals surface area contributed by atoms with E-state index in [2.05, 4.69) is 34.9 Å². The second kappa shape index (κ2) is 12.2. The van der Waals surface area contributed by atoms with Gasteiger partial charge in [0.15, 0.2) is 6.04 Å². The lowest BCUT2D eigenvalue weighted by Gasteiger charge is -2.21. The minimum atomic E-state index is -1.18. The van der Waals surface area contributed by atoms with Crippen molar-refractivity contribution in [1.29, 1.82) is 0 Å². The third-order valence-electron chi connectivity index (χ3n) is 5.97. The molecule has 2 atom stereocenters. The summed E-state index contributed by atoms with van der Waals surface area (Å²) in [4.78, 5) is 36.3. The van der Waals surface area contributed by atoms with Crippen molar-refractivity contribution in [2.24, 2.45) is 0 Å². The third-order valence-corrected chi connectivity index (χ3v) is 5.97. The van der Waals surface area contributed by atoms with Crippen molar-refractivity contribution in [1.82, 2.24) is 10.6 Å². The number of unbranched alkanes of at least 4 members (excludes halogenated alkanes) is 1. The summed E-state index contributed by atoms with van der Waals surface area (Å²) in [7, 11) is 1.37. The number of benzene rings is 2. The van der Waals surface area contributed by atoms with Crippen LogP contribution in [0.2, 0.25) is 0 Å². The van der Waals surface area contributed by atoms with Crippen LogP contribution in [0, 0.1) is 0 Å². The number of hydrogen-bond acceptors (Lipinski definition) is 5. The highest BCUT2D eigenvalue weighted by Crippen LogP contribution is 2.44. The zero-order chi connectivity index (χ0) is 24.5. The molecule has 2 amide bonds. The number of aliphatic carboxylic acids is 1. The van der Waals surface area contributed by atoms with E-state index in [0.717, 1.165) is 35.1 Å². The van der Waals surface area contributed by atoms with Crippen molar-refractivity contribution >= 4 is 18.0 Å². The average Bonchev–Trinajstić information content (AvgIpc) is 3.14. The van der Waals surface area contributed by atoms with Gasteiger partial charge >= 0.3 is 12.1 Å². The van der Waals surface area contributed by atoms with Gasteiger partial charge in [0.1, 0.15) is 6.61 Å². The lowest BCUT2D eigenvalue weighted by molar-refractivity contribution is -0.143. The fourth-order valence-electron chi connectivity index (χ4n) is 4.30. The molecule has 1 aliphatic rings. The minimum Gasteiger partial charge on any atom is -0.480 e. The van der Waals surface area contributed by atoms with E-state index in [-0.39, 0.29) is 25.6 Å². The Balaban J connectivity index is 1.60. The summed E-state index contributed by atoms with van der Waals surface area (Å²) >= 11 is 0. The Labute approximate surface area is 199 Å². The molecule has 0 aromatic heterocycles. The highest BCUT2D eigenvalue weighted by atomic mass is 16.5. The Morgan fingerprint density at radius 2 is 1.62 bits per heavy atom. The van der Waals surface area contributed by atoms with Crippen molar-refractivity contribution < 1.29 is 29.0 Å². The molecule has 0 aliphatic heterocycles. The van der Waals surface area contributed by atoms with E-state index in [1.165, 1.54) is 7.11 Å². The molecule has 3 N–H and O–H groups in total. The van der Waals surface area contributed by atoms with Gasteiger partial charge in [-0.25, -0.2) is 9.59 Å². The summed E-state index contributed by atoms with van der Waals surface area (Å²) in [5.41, 5.74) is 4.54. The minimum absolute atomic E-state index is 0.0440. The number of carboxylic acids is 1. The molecule has 34 heavy (non-hydrogen) atoms. The summed E-state index contributed by atoms with van der Waals surface area (Å²) in [6.45, 7) is 2.06. The number of alkyl carbamates (subject to hydrolysis) is 1. The van der Waals surface area contributed by atoms with Crippen LogP contribution in [0.15, 0.2) is 48.5 Å². The third kappa shape index (κ3) is 6.35. The zero-order valence-electron chi connectivity index (χ0n) is 19.6. The van der Waals surface area contributed by atoms with Crippen molar-refractivity contribution in [2.75, 3.05) is 20.3 Å². The molecule has 0 radical (unpaired) electrons. The first-order chi connectivity index (χ1) is 16.4. The van der Waals surface area contributed by atoms with Gasteiger partial charge in [-0.2, -0.15) is 0 Å². The van der Waals surface area contributed by atoms with Gasteiger partial charge in [-0.1, -0.05) is 68.3 Å². The fourth-order valence-corrected chi connectivity index (χ4v) is 4.30. The molecule has 0 fully saturated rings. The first-order valence-electron chi connectivity index (χ1n) is 11.6. The van der Waals surface area contributed by atoms with Crippen LogP contribution in [-0.2, 0) is 19.1 Å². The maximum Gasteiger partial charge on any atom is 0.407 e. The van der Waals surface area contributed by atoms with Crippen LogP contribution in [0.25, 0.3) is 11.1 Å². The van der Waals surface area contributed by atoms with Crippen molar-refractivity contribution in [3.05, 3.63) is 59.7 Å². The summed E-state index contributed by atoms with van der Waals surface area (Å²) < 4.78 is 10.4. The average molecular weight is 469 g/mol. The van der Waals surface area contributed by atoms with E-state index in [0.29, 0.717) is 6.42 Å². The first kappa shape index (κ1) is 25.2. The number of rotatable bonds is 12. The fraction of sp³-hybridized carbons (Fsp3) is 0.423. The van der Waals surface area contributed by atoms with E-state index in [1.54, 1.807) is 0 Å². The molecular weight excluding hydrogens is 436 g/mol. The van der Waals surface area contributed by atoms with E-state index >= 15 is 0 Å². The van der Waals surface area contributed by atoms with Crippen LogP contribution in [-0.4, -0.2) is 55.5 Å². The van der Waals surface area contributed by atoms with Crippen molar-refractivity contribution in [3.63, 3.8) is 0 Å². The predicted molar refractivity (Wildman–Crippen MR) is 128 cm³/mol. The van der Waals surface area contributed by atoms with Gasteiger partial charge in [0.2, 0.25) is 5.91 Å². The number of fused-ring (bicyclic) bond motifs is 3. The predicted octanol–water partition coefficient (Wildman–Crippen LogP) is 3.69. The van der Waals surface area contributed by atoms with Gasteiger partial charge < -0.3 is 25.2 Å². The summed E-state index contributed by atoms with van der Waals surface area (Å²) in [5, 5.41) is 14.4. The van der Waals surface area contributed by atoms with Crippen LogP contribution < -0.4 is 10.6 Å². The molecule has 1 aliphatic carbocycles. The summed E-state index contributed by atoms with van der Waals surface area (Å²) in [6, 6.07) is 14.6. The molecule has 0 bridgehead atoms. The molecule has 2 aromatic carbocycles. The van der Waals surface area contributed by atoms with Gasteiger partial charge in [0.25, 0.3) is 0 Å². The number of ether oxygens (including phenoxy) is 2. The molecule has 182 valence electrons. The maximum atomic E-state index is 12.6. The smallest absolute Gasteiger partial charge is 0.407 e. The van der Waals surface area contributed by atoms with Crippen LogP contribution >= 0.6 is 0 Å². The van der Waals surface area contributed by atoms with Gasteiger partial charge in [-0.3, -0.25) is 4.79 Å². The Hall–Kier alpha value is -3.39. The zero-order valence-corrected chi connectivity index (χ0v) is 19.6. The molecule has 0 unspecified atom stereocenters. The van der Waals surface area contributed by atoms with E-state index in [9.17, 15) is 19.5 Å². The molecular formula is C26H32N2O6. The normalized spacial score (nSPS) is 13.9. The van der Waals surface area contributed by atoms with E-state index in [4.69, 9.17) is 9.47 Å². The van der Waals surface area contributed by atoms with Crippen LogP contribution in [0.3, 0.4) is 0 Å². The van der Waals surface area contributed by atoms with Gasteiger partial charge in [0, 0.05) is 25.5 Å². The molecule has 3 rings (SSSR count). The Kier molecular flexibility index (Phi) is 9.04. The van der Waals surface area contributed by atoms with Gasteiger partial charge in [0.05, 0.1) is 6.61 Å². The topological polar surface area (TPSA) is 114 Å². The Bertz CT molecular complexity index is 963. The largest absolute Gasteiger partial charge is 0.480 e. The highest BCUT2D eigenvalue weighted by molar-refractivity contribution is 5.84. The first-order valence-corrected chi connectivity index (χ1v) is 11.6. The summed E-state index contributed by atoms with van der Waals surface area (Å²) in [6.07, 6.45) is 1.64. The van der Waals surface area contributed by atoms with E-state index < -0.39 is 30.1 Å². The molecule has 0 spiro atoms. The second-order valence-corrected chi connectivity index (χ2v) is 8.43.